The van der Waals surface area contributed by atoms with E-state index in [2.05, 4.69) is 23.2 Å². The van der Waals surface area contributed by atoms with Gasteiger partial charge < -0.3 is 0 Å². The molecule has 0 saturated carbocycles. The van der Waals surface area contributed by atoms with Crippen molar-refractivity contribution in [3.63, 3.8) is 0 Å². The number of fused-ring (bicyclic) bond motifs is 1. The number of rotatable bonds is 2. The van der Waals surface area contributed by atoms with Gasteiger partial charge in [-0.3, -0.25) is 4.99 Å². The molecule has 0 aliphatic heterocycles. The molecule has 3 rings (SSSR count). The van der Waals surface area contributed by atoms with Gasteiger partial charge in [0.05, 0.1) is 5.69 Å². The van der Waals surface area contributed by atoms with Crippen molar-refractivity contribution in [1.29, 1.82) is 0 Å². The van der Waals surface area contributed by atoms with Gasteiger partial charge in [0, 0.05) is 16.8 Å². The molecule has 0 heterocycles. The number of nitrogens with zero attached hydrogens (tertiary/aromatic N) is 1. The van der Waals surface area contributed by atoms with E-state index < -0.39 is 0 Å². The summed E-state index contributed by atoms with van der Waals surface area (Å²) in [5, 5.41) is 3.03. The molecule has 0 unspecified atom stereocenters. The summed E-state index contributed by atoms with van der Waals surface area (Å²) in [6.45, 7) is 0. The highest BCUT2D eigenvalue weighted by molar-refractivity contribution is 6.34. The maximum Gasteiger partial charge on any atom is 0.0629 e. The van der Waals surface area contributed by atoms with E-state index in [4.69, 9.17) is 11.6 Å². The van der Waals surface area contributed by atoms with E-state index in [9.17, 15) is 0 Å². The van der Waals surface area contributed by atoms with E-state index in [-0.39, 0.29) is 0 Å². The molecule has 19 heavy (non-hydrogen) atoms. The first-order valence-electron chi connectivity index (χ1n) is 6.10. The lowest BCUT2D eigenvalue weighted by atomic mass is 10.1. The molecule has 0 aromatic heterocycles. The Labute approximate surface area is 117 Å². The van der Waals surface area contributed by atoms with Gasteiger partial charge in [-0.05, 0) is 35.0 Å². The zero-order chi connectivity index (χ0) is 13.1. The number of benzene rings is 3. The zero-order valence-electron chi connectivity index (χ0n) is 10.3. The summed E-state index contributed by atoms with van der Waals surface area (Å²) in [6.07, 6.45) is 1.81. The van der Waals surface area contributed by atoms with Crippen LogP contribution in [0.5, 0.6) is 0 Å². The molecule has 0 bridgehead atoms. The van der Waals surface area contributed by atoms with Gasteiger partial charge in [-0.1, -0.05) is 54.1 Å². The Morgan fingerprint density at radius 2 is 1.42 bits per heavy atom. The van der Waals surface area contributed by atoms with Crippen LogP contribution in [0, 0.1) is 0 Å². The smallest absolute Gasteiger partial charge is 0.0629 e. The molecule has 1 nitrogen and oxygen atoms in total. The van der Waals surface area contributed by atoms with Crippen molar-refractivity contribution in [3.05, 3.63) is 77.3 Å². The SMILES string of the molecule is Clc1cc2ccccc2cc1C=Nc1ccccc1. The van der Waals surface area contributed by atoms with Crippen LogP contribution in [0.3, 0.4) is 0 Å². The fourth-order valence-electron chi connectivity index (χ4n) is 1.99. The molecule has 3 aromatic carbocycles. The molecule has 2 heteroatoms. The Hall–Kier alpha value is -2.12. The minimum atomic E-state index is 0.721. The maximum atomic E-state index is 6.28. The number of halogens is 1. The third kappa shape index (κ3) is 2.67. The van der Waals surface area contributed by atoms with E-state index in [1.807, 2.05) is 54.7 Å². The molecule has 0 fully saturated rings. The lowest BCUT2D eigenvalue weighted by molar-refractivity contribution is 1.53. The second kappa shape index (κ2) is 5.25. The number of hydrogen-bond acceptors (Lipinski definition) is 1. The number of para-hydroxylation sites is 1. The van der Waals surface area contributed by atoms with Crippen LogP contribution >= 0.6 is 11.6 Å². The molecule has 0 N–H and O–H groups in total. The summed E-state index contributed by atoms with van der Waals surface area (Å²) in [4.78, 5) is 4.43. The Bertz CT molecular complexity index is 733. The van der Waals surface area contributed by atoms with Gasteiger partial charge in [-0.15, -0.1) is 0 Å². The molecule has 0 spiro atoms. The highest BCUT2D eigenvalue weighted by Gasteiger charge is 2.00. The van der Waals surface area contributed by atoms with Gasteiger partial charge in [-0.25, -0.2) is 0 Å². The van der Waals surface area contributed by atoms with E-state index in [0.717, 1.165) is 21.7 Å². The van der Waals surface area contributed by atoms with Crippen molar-refractivity contribution in [3.8, 4) is 0 Å². The Morgan fingerprint density at radius 3 is 2.16 bits per heavy atom. The van der Waals surface area contributed by atoms with Crippen LogP contribution < -0.4 is 0 Å². The normalized spacial score (nSPS) is 11.2. The van der Waals surface area contributed by atoms with Crippen molar-refractivity contribution >= 4 is 34.3 Å². The minimum absolute atomic E-state index is 0.721. The van der Waals surface area contributed by atoms with Crippen LogP contribution in [0.2, 0.25) is 5.02 Å². The Balaban J connectivity index is 2.01. The third-order valence-electron chi connectivity index (χ3n) is 2.97. The lowest BCUT2D eigenvalue weighted by Crippen LogP contribution is -1.84. The second-order valence-corrected chi connectivity index (χ2v) is 4.72. The Morgan fingerprint density at radius 1 is 0.789 bits per heavy atom. The van der Waals surface area contributed by atoms with Gasteiger partial charge >= 0.3 is 0 Å². The van der Waals surface area contributed by atoms with Crippen molar-refractivity contribution < 1.29 is 0 Å². The molecule has 0 aliphatic rings. The van der Waals surface area contributed by atoms with Gasteiger partial charge in [0.15, 0.2) is 0 Å². The third-order valence-corrected chi connectivity index (χ3v) is 3.30. The molecule has 0 saturated heterocycles. The monoisotopic (exact) mass is 265 g/mol. The number of hydrogen-bond donors (Lipinski definition) is 0. The van der Waals surface area contributed by atoms with E-state index in [0.29, 0.717) is 0 Å². The molecule has 0 radical (unpaired) electrons. The predicted molar refractivity (Wildman–Crippen MR) is 82.7 cm³/mol. The quantitative estimate of drug-likeness (QED) is 0.562. The van der Waals surface area contributed by atoms with Crippen LogP contribution in [-0.2, 0) is 0 Å². The molecule has 0 atom stereocenters. The van der Waals surface area contributed by atoms with Gasteiger partial charge in [-0.2, -0.15) is 0 Å². The highest BCUT2D eigenvalue weighted by Crippen LogP contribution is 2.23. The van der Waals surface area contributed by atoms with Crippen LogP contribution in [0.15, 0.2) is 71.7 Å². The largest absolute Gasteiger partial charge is 0.256 e. The highest BCUT2D eigenvalue weighted by atomic mass is 35.5. The van der Waals surface area contributed by atoms with Crippen molar-refractivity contribution in [2.24, 2.45) is 4.99 Å². The van der Waals surface area contributed by atoms with Crippen LogP contribution in [0.4, 0.5) is 5.69 Å². The summed E-state index contributed by atoms with van der Waals surface area (Å²) >= 11 is 6.28. The summed E-state index contributed by atoms with van der Waals surface area (Å²) in [5.74, 6) is 0. The second-order valence-electron chi connectivity index (χ2n) is 4.31. The summed E-state index contributed by atoms with van der Waals surface area (Å²) in [6, 6.07) is 22.0. The van der Waals surface area contributed by atoms with Gasteiger partial charge in [0.2, 0.25) is 0 Å². The van der Waals surface area contributed by atoms with Crippen molar-refractivity contribution in [2.75, 3.05) is 0 Å². The number of aliphatic imine (C=N–C) groups is 1. The topological polar surface area (TPSA) is 12.4 Å². The zero-order valence-corrected chi connectivity index (χ0v) is 11.0. The van der Waals surface area contributed by atoms with Crippen LogP contribution in [-0.4, -0.2) is 6.21 Å². The van der Waals surface area contributed by atoms with E-state index in [1.165, 1.54) is 5.39 Å². The molecular formula is C17H12ClN. The Kier molecular flexibility index (Phi) is 3.30. The fourth-order valence-corrected chi connectivity index (χ4v) is 2.21. The van der Waals surface area contributed by atoms with Crippen molar-refractivity contribution in [1.82, 2.24) is 0 Å². The van der Waals surface area contributed by atoms with E-state index in [1.54, 1.807) is 0 Å². The molecule has 0 aliphatic carbocycles. The summed E-state index contributed by atoms with van der Waals surface area (Å²) in [7, 11) is 0. The molecular weight excluding hydrogens is 254 g/mol. The van der Waals surface area contributed by atoms with Crippen molar-refractivity contribution in [2.45, 2.75) is 0 Å². The standard InChI is InChI=1S/C17H12ClN/c18-17-11-14-7-5-4-6-13(14)10-15(17)12-19-16-8-2-1-3-9-16/h1-12H. The van der Waals surface area contributed by atoms with Crippen LogP contribution in [0.1, 0.15) is 5.56 Å². The average Bonchev–Trinajstić information content (AvgIpc) is 2.46. The van der Waals surface area contributed by atoms with Gasteiger partial charge in [0.25, 0.3) is 0 Å². The lowest BCUT2D eigenvalue weighted by Gasteiger charge is -2.02. The first-order chi connectivity index (χ1) is 9.33. The maximum absolute atomic E-state index is 6.28. The first-order valence-corrected chi connectivity index (χ1v) is 6.48. The first kappa shape index (κ1) is 11.9. The molecule has 0 amide bonds. The fraction of sp³-hybridized carbons (Fsp3) is 0. The van der Waals surface area contributed by atoms with Crippen LogP contribution in [0.25, 0.3) is 10.8 Å². The summed E-state index contributed by atoms with van der Waals surface area (Å²) in [5.41, 5.74) is 1.86. The molecule has 92 valence electrons. The molecule has 3 aromatic rings. The summed E-state index contributed by atoms with van der Waals surface area (Å²) < 4.78 is 0. The van der Waals surface area contributed by atoms with E-state index >= 15 is 0 Å². The average molecular weight is 266 g/mol. The predicted octanol–water partition coefficient (Wildman–Crippen LogP) is 5.24. The van der Waals surface area contributed by atoms with Gasteiger partial charge in [0.1, 0.15) is 0 Å². The minimum Gasteiger partial charge on any atom is -0.256 e.